The molecule has 1 fully saturated rings. The van der Waals surface area contributed by atoms with Gasteiger partial charge in [0.05, 0.1) is 11.9 Å². The number of halogens is 1. The first kappa shape index (κ1) is 25.2. The number of benzene rings is 2. The van der Waals surface area contributed by atoms with Gasteiger partial charge >= 0.3 is 5.97 Å². The van der Waals surface area contributed by atoms with Crippen molar-refractivity contribution in [1.82, 2.24) is 0 Å². The summed E-state index contributed by atoms with van der Waals surface area (Å²) in [4.78, 5) is 12.5. The molecule has 1 aliphatic carbocycles. The molecule has 1 unspecified atom stereocenters. The highest BCUT2D eigenvalue weighted by Crippen LogP contribution is 2.37. The molecule has 0 amide bonds. The molecule has 3 heteroatoms. The number of hydrogen-bond donors (Lipinski definition) is 0. The van der Waals surface area contributed by atoms with Crippen molar-refractivity contribution in [2.45, 2.75) is 89.6 Å². The fourth-order valence-electron chi connectivity index (χ4n) is 5.00. The molecule has 2 aromatic carbocycles. The summed E-state index contributed by atoms with van der Waals surface area (Å²) in [5, 5.41) is 0. The Balaban J connectivity index is 1.51. The first-order valence-corrected chi connectivity index (χ1v) is 12.8. The molecule has 0 bridgehead atoms. The van der Waals surface area contributed by atoms with Crippen molar-refractivity contribution in [1.29, 1.82) is 0 Å². The first-order chi connectivity index (χ1) is 16.2. The van der Waals surface area contributed by atoms with Crippen molar-refractivity contribution < 1.29 is 13.9 Å². The Morgan fingerprint density at radius 3 is 2.39 bits per heavy atom. The highest BCUT2D eigenvalue weighted by molar-refractivity contribution is 5.89. The van der Waals surface area contributed by atoms with E-state index in [1.807, 2.05) is 18.2 Å². The van der Waals surface area contributed by atoms with Gasteiger partial charge in [-0.15, -0.1) is 0 Å². The molecule has 1 aliphatic rings. The Labute approximate surface area is 199 Å². The molecule has 0 N–H and O–H groups in total. The fraction of sp³-hybridized carbons (Fsp3) is 0.500. The van der Waals surface area contributed by atoms with Gasteiger partial charge in [0.25, 0.3) is 0 Å². The lowest BCUT2D eigenvalue weighted by Crippen LogP contribution is -2.20. The molecule has 2 aromatic rings. The number of carbonyl (C=O) groups is 1. The predicted molar refractivity (Wildman–Crippen MR) is 134 cm³/mol. The van der Waals surface area contributed by atoms with Crippen molar-refractivity contribution in [2.75, 3.05) is 0 Å². The monoisotopic (exact) mass is 450 g/mol. The Morgan fingerprint density at radius 2 is 1.73 bits per heavy atom. The van der Waals surface area contributed by atoms with Crippen LogP contribution in [-0.4, -0.2) is 12.1 Å². The second kappa shape index (κ2) is 14.0. The summed E-state index contributed by atoms with van der Waals surface area (Å²) in [5.41, 5.74) is 3.05. The third-order valence-corrected chi connectivity index (χ3v) is 7.00. The molecule has 2 nitrogen and oxygen atoms in total. The lowest BCUT2D eigenvalue weighted by Gasteiger charge is -2.29. The molecule has 1 saturated carbocycles. The van der Waals surface area contributed by atoms with Crippen LogP contribution in [0.5, 0.6) is 0 Å². The predicted octanol–water partition coefficient (Wildman–Crippen LogP) is 8.57. The van der Waals surface area contributed by atoms with Crippen molar-refractivity contribution in [2.24, 2.45) is 5.92 Å². The van der Waals surface area contributed by atoms with Gasteiger partial charge in [0, 0.05) is 12.8 Å². The van der Waals surface area contributed by atoms with Gasteiger partial charge in [0.15, 0.2) is 0 Å². The number of hydrogen-bond acceptors (Lipinski definition) is 2. The molecule has 178 valence electrons. The second-order valence-corrected chi connectivity index (χ2v) is 9.50. The molecule has 0 aliphatic heterocycles. The van der Waals surface area contributed by atoms with Crippen LogP contribution in [0, 0.1) is 5.92 Å². The quantitative estimate of drug-likeness (QED) is 0.239. The minimum Gasteiger partial charge on any atom is -0.458 e. The summed E-state index contributed by atoms with van der Waals surface area (Å²) < 4.78 is 18.3. The van der Waals surface area contributed by atoms with E-state index in [4.69, 9.17) is 4.74 Å². The van der Waals surface area contributed by atoms with Crippen molar-refractivity contribution in [3.05, 3.63) is 83.7 Å². The lowest BCUT2D eigenvalue weighted by atomic mass is 9.77. The minimum atomic E-state index is -0.390. The van der Waals surface area contributed by atoms with Gasteiger partial charge in [0.2, 0.25) is 0 Å². The molecule has 0 spiro atoms. The van der Waals surface area contributed by atoms with E-state index < -0.39 is 6.10 Å². The standard InChI is InChI=1S/C30H39FO2/c1-2-3-4-6-10-24-14-18-26(19-15-24)27-20-16-25(17-21-27)23-29(13-9-22-31)33-30(32)28-11-7-5-8-12-28/h5,7-9,11-12,16-17,20-22,24,26,29H,2-4,6,10,13-15,18-19,23H2,1H3/b22-9+. The van der Waals surface area contributed by atoms with Crippen molar-refractivity contribution in [3.63, 3.8) is 0 Å². The maximum absolute atomic E-state index is 12.6. The Kier molecular flexibility index (Phi) is 10.7. The van der Waals surface area contributed by atoms with Gasteiger partial charge < -0.3 is 4.74 Å². The number of ether oxygens (including phenoxy) is 1. The van der Waals surface area contributed by atoms with Gasteiger partial charge in [0.1, 0.15) is 6.10 Å². The van der Waals surface area contributed by atoms with E-state index in [1.54, 1.807) is 12.1 Å². The van der Waals surface area contributed by atoms with Gasteiger partial charge in [-0.2, -0.15) is 0 Å². The molecular formula is C30H39FO2. The van der Waals surface area contributed by atoms with Gasteiger partial charge in [-0.05, 0) is 60.8 Å². The highest BCUT2D eigenvalue weighted by atomic mass is 19.1. The third kappa shape index (κ3) is 8.46. The zero-order chi connectivity index (χ0) is 23.3. The Bertz CT molecular complexity index is 835. The molecule has 1 atom stereocenters. The fourth-order valence-corrected chi connectivity index (χ4v) is 5.00. The molecule has 0 saturated heterocycles. The van der Waals surface area contributed by atoms with Gasteiger partial charge in [-0.25, -0.2) is 9.18 Å². The smallest absolute Gasteiger partial charge is 0.338 e. The average molecular weight is 451 g/mol. The zero-order valence-corrected chi connectivity index (χ0v) is 20.1. The van der Waals surface area contributed by atoms with Crippen LogP contribution in [0.15, 0.2) is 67.0 Å². The third-order valence-electron chi connectivity index (χ3n) is 7.00. The highest BCUT2D eigenvalue weighted by Gasteiger charge is 2.22. The van der Waals surface area contributed by atoms with Crippen LogP contribution >= 0.6 is 0 Å². The SMILES string of the molecule is CCCCCCC1CCC(c2ccc(CC(C/C=C/F)OC(=O)c3ccccc3)cc2)CC1. The van der Waals surface area contributed by atoms with E-state index in [-0.39, 0.29) is 5.97 Å². The largest absolute Gasteiger partial charge is 0.458 e. The molecule has 0 heterocycles. The Morgan fingerprint density at radius 1 is 1.00 bits per heavy atom. The van der Waals surface area contributed by atoms with Crippen molar-refractivity contribution in [3.8, 4) is 0 Å². The summed E-state index contributed by atoms with van der Waals surface area (Å²) >= 11 is 0. The summed E-state index contributed by atoms with van der Waals surface area (Å²) in [6.45, 7) is 2.27. The number of rotatable bonds is 12. The summed E-state index contributed by atoms with van der Waals surface area (Å²) in [6.07, 6.45) is 14.6. The number of esters is 1. The van der Waals surface area contributed by atoms with Crippen LogP contribution in [-0.2, 0) is 11.2 Å². The zero-order valence-electron chi connectivity index (χ0n) is 20.1. The maximum Gasteiger partial charge on any atom is 0.338 e. The molecule has 0 aromatic heterocycles. The molecule has 3 rings (SSSR count). The van der Waals surface area contributed by atoms with Gasteiger partial charge in [-0.3, -0.25) is 0 Å². The topological polar surface area (TPSA) is 26.3 Å². The van der Waals surface area contributed by atoms with E-state index >= 15 is 0 Å². The molecule has 0 radical (unpaired) electrons. The Hall–Kier alpha value is -2.42. The summed E-state index contributed by atoms with van der Waals surface area (Å²) in [5.74, 6) is 1.21. The number of carbonyl (C=O) groups excluding carboxylic acids is 1. The van der Waals surface area contributed by atoms with Crippen molar-refractivity contribution >= 4 is 5.97 Å². The van der Waals surface area contributed by atoms with Crippen LogP contribution in [0.3, 0.4) is 0 Å². The lowest BCUT2D eigenvalue weighted by molar-refractivity contribution is 0.0308. The maximum atomic E-state index is 12.6. The molecule has 33 heavy (non-hydrogen) atoms. The summed E-state index contributed by atoms with van der Waals surface area (Å²) in [7, 11) is 0. The normalized spacial score (nSPS) is 19.5. The first-order valence-electron chi connectivity index (χ1n) is 12.8. The molecular weight excluding hydrogens is 411 g/mol. The summed E-state index contributed by atoms with van der Waals surface area (Å²) in [6, 6.07) is 17.7. The van der Waals surface area contributed by atoms with Crippen LogP contribution in [0.4, 0.5) is 4.39 Å². The number of unbranched alkanes of at least 4 members (excludes halogenated alkanes) is 3. The second-order valence-electron chi connectivity index (χ2n) is 9.50. The van der Waals surface area contributed by atoms with E-state index in [2.05, 4.69) is 31.2 Å². The average Bonchev–Trinajstić information content (AvgIpc) is 2.86. The van der Waals surface area contributed by atoms with Crippen LogP contribution < -0.4 is 0 Å². The van der Waals surface area contributed by atoms with Crippen LogP contribution in [0.1, 0.15) is 98.5 Å². The minimum absolute atomic E-state index is 0.360. The van der Waals surface area contributed by atoms with E-state index in [0.29, 0.717) is 30.7 Å². The van der Waals surface area contributed by atoms with Gasteiger partial charge in [-0.1, -0.05) is 87.6 Å². The van der Waals surface area contributed by atoms with E-state index in [0.717, 1.165) is 11.5 Å². The van der Waals surface area contributed by atoms with Crippen LogP contribution in [0.25, 0.3) is 0 Å². The van der Waals surface area contributed by atoms with Crippen LogP contribution in [0.2, 0.25) is 0 Å². The van der Waals surface area contributed by atoms with E-state index in [1.165, 1.54) is 69.4 Å². The van der Waals surface area contributed by atoms with E-state index in [9.17, 15) is 9.18 Å².